The first-order valence-corrected chi connectivity index (χ1v) is 5.99. The van der Waals surface area contributed by atoms with Crippen molar-refractivity contribution in [1.82, 2.24) is 10.6 Å². The molecule has 106 valence electrons. The second kappa shape index (κ2) is 7.13. The highest BCUT2D eigenvalue weighted by Crippen LogP contribution is 2.15. The zero-order chi connectivity index (χ0) is 14.3. The summed E-state index contributed by atoms with van der Waals surface area (Å²) >= 11 is 0. The zero-order valence-corrected chi connectivity index (χ0v) is 10.6. The van der Waals surface area contributed by atoms with Gasteiger partial charge in [-0.05, 0) is 32.0 Å². The normalized spacial score (nSPS) is 13.1. The van der Waals surface area contributed by atoms with Crippen LogP contribution in [0, 0.1) is 0 Å². The fourth-order valence-corrected chi connectivity index (χ4v) is 1.71. The SMILES string of the molecule is CNCC[C@H](Cc1ccccc1)NC(=O)C(F)(F)F. The third-order valence-corrected chi connectivity index (χ3v) is 2.66. The molecule has 0 radical (unpaired) electrons. The van der Waals surface area contributed by atoms with Crippen molar-refractivity contribution in [2.75, 3.05) is 13.6 Å². The van der Waals surface area contributed by atoms with Gasteiger partial charge in [0.25, 0.3) is 0 Å². The lowest BCUT2D eigenvalue weighted by molar-refractivity contribution is -0.174. The Labute approximate surface area is 110 Å². The number of halogens is 3. The smallest absolute Gasteiger partial charge is 0.345 e. The molecule has 3 nitrogen and oxygen atoms in total. The Morgan fingerprint density at radius 1 is 1.26 bits per heavy atom. The fourth-order valence-electron chi connectivity index (χ4n) is 1.71. The summed E-state index contributed by atoms with van der Waals surface area (Å²) in [4.78, 5) is 11.0. The van der Waals surface area contributed by atoms with Crippen molar-refractivity contribution in [3.8, 4) is 0 Å². The van der Waals surface area contributed by atoms with E-state index in [2.05, 4.69) is 5.32 Å². The van der Waals surface area contributed by atoms with Crippen LogP contribution in [-0.2, 0) is 11.2 Å². The van der Waals surface area contributed by atoms with Gasteiger partial charge < -0.3 is 10.6 Å². The number of benzene rings is 1. The monoisotopic (exact) mass is 274 g/mol. The van der Waals surface area contributed by atoms with Gasteiger partial charge >= 0.3 is 12.1 Å². The van der Waals surface area contributed by atoms with E-state index in [1.165, 1.54) is 0 Å². The maximum absolute atomic E-state index is 12.2. The van der Waals surface area contributed by atoms with Gasteiger partial charge in [-0.25, -0.2) is 0 Å². The van der Waals surface area contributed by atoms with E-state index in [-0.39, 0.29) is 0 Å². The number of rotatable bonds is 6. The van der Waals surface area contributed by atoms with Crippen molar-refractivity contribution in [2.45, 2.75) is 25.1 Å². The molecule has 0 aliphatic rings. The predicted octanol–water partition coefficient (Wildman–Crippen LogP) is 1.89. The number of carbonyl (C=O) groups excluding carboxylic acids is 1. The first-order valence-electron chi connectivity index (χ1n) is 5.99. The van der Waals surface area contributed by atoms with Crippen LogP contribution in [0.3, 0.4) is 0 Å². The van der Waals surface area contributed by atoms with Crippen LogP contribution in [0.1, 0.15) is 12.0 Å². The van der Waals surface area contributed by atoms with Crippen LogP contribution >= 0.6 is 0 Å². The Hall–Kier alpha value is -1.56. The highest BCUT2D eigenvalue weighted by molar-refractivity contribution is 5.81. The standard InChI is InChI=1S/C13H17F3N2O/c1-17-8-7-11(18-12(19)13(14,15)16)9-10-5-3-2-4-6-10/h2-6,11,17H,7-9H2,1H3,(H,18,19)/t11-/m1/s1. The van der Waals surface area contributed by atoms with E-state index < -0.39 is 18.1 Å². The van der Waals surface area contributed by atoms with Gasteiger partial charge in [-0.15, -0.1) is 0 Å². The molecule has 0 aliphatic heterocycles. The minimum Gasteiger partial charge on any atom is -0.345 e. The van der Waals surface area contributed by atoms with Gasteiger partial charge in [-0.2, -0.15) is 13.2 Å². The molecule has 0 bridgehead atoms. The van der Waals surface area contributed by atoms with E-state index in [1.807, 2.05) is 35.6 Å². The molecule has 0 fully saturated rings. The molecule has 19 heavy (non-hydrogen) atoms. The van der Waals surface area contributed by atoms with Gasteiger partial charge in [0, 0.05) is 6.04 Å². The summed E-state index contributed by atoms with van der Waals surface area (Å²) in [6.07, 6.45) is -4.02. The quantitative estimate of drug-likeness (QED) is 0.831. The molecule has 1 aromatic carbocycles. The first kappa shape index (κ1) is 15.5. The van der Waals surface area contributed by atoms with Crippen molar-refractivity contribution < 1.29 is 18.0 Å². The minimum absolute atomic E-state index is 0.379. The number of carbonyl (C=O) groups is 1. The maximum Gasteiger partial charge on any atom is 0.471 e. The summed E-state index contributed by atoms with van der Waals surface area (Å²) in [5.74, 6) is -1.88. The van der Waals surface area contributed by atoms with E-state index in [9.17, 15) is 18.0 Å². The number of hydrogen-bond donors (Lipinski definition) is 2. The van der Waals surface area contributed by atoms with E-state index in [1.54, 1.807) is 7.05 Å². The Balaban J connectivity index is 2.64. The molecule has 0 saturated carbocycles. The highest BCUT2D eigenvalue weighted by atomic mass is 19.4. The largest absolute Gasteiger partial charge is 0.471 e. The number of alkyl halides is 3. The van der Waals surface area contributed by atoms with E-state index in [4.69, 9.17) is 0 Å². The fraction of sp³-hybridized carbons (Fsp3) is 0.462. The number of hydrogen-bond acceptors (Lipinski definition) is 2. The molecular formula is C13H17F3N2O. The summed E-state index contributed by atoms with van der Waals surface area (Å²) in [6, 6.07) is 8.58. The van der Waals surface area contributed by atoms with Crippen LogP contribution in [0.25, 0.3) is 0 Å². The van der Waals surface area contributed by atoms with E-state index >= 15 is 0 Å². The van der Waals surface area contributed by atoms with Crippen LogP contribution < -0.4 is 10.6 Å². The lowest BCUT2D eigenvalue weighted by Gasteiger charge is -2.19. The Kier molecular flexibility index (Phi) is 5.82. The summed E-state index contributed by atoms with van der Waals surface area (Å²) in [7, 11) is 1.71. The molecular weight excluding hydrogens is 257 g/mol. The molecule has 0 aromatic heterocycles. The summed E-state index contributed by atoms with van der Waals surface area (Å²) in [5, 5.41) is 4.90. The Morgan fingerprint density at radius 2 is 1.89 bits per heavy atom. The highest BCUT2D eigenvalue weighted by Gasteiger charge is 2.39. The third kappa shape index (κ3) is 5.74. The molecule has 0 heterocycles. The molecule has 0 aliphatic carbocycles. The lowest BCUT2D eigenvalue weighted by atomic mass is 10.0. The zero-order valence-electron chi connectivity index (χ0n) is 10.6. The third-order valence-electron chi connectivity index (χ3n) is 2.66. The molecule has 2 N–H and O–H groups in total. The van der Waals surface area contributed by atoms with Crippen LogP contribution in [-0.4, -0.2) is 31.7 Å². The van der Waals surface area contributed by atoms with Crippen LogP contribution in [0.15, 0.2) is 30.3 Å². The molecule has 1 rings (SSSR count). The van der Waals surface area contributed by atoms with E-state index in [0.29, 0.717) is 19.4 Å². The predicted molar refractivity (Wildman–Crippen MR) is 66.7 cm³/mol. The molecule has 0 spiro atoms. The van der Waals surface area contributed by atoms with Gasteiger partial charge in [-0.1, -0.05) is 30.3 Å². The average molecular weight is 274 g/mol. The van der Waals surface area contributed by atoms with Gasteiger partial charge in [0.1, 0.15) is 0 Å². The van der Waals surface area contributed by atoms with Gasteiger partial charge in [0.15, 0.2) is 0 Å². The molecule has 0 saturated heterocycles. The summed E-state index contributed by atoms with van der Waals surface area (Å²) in [5.41, 5.74) is 0.895. The van der Waals surface area contributed by atoms with Crippen molar-refractivity contribution in [3.05, 3.63) is 35.9 Å². The maximum atomic E-state index is 12.2. The van der Waals surface area contributed by atoms with Gasteiger partial charge in [-0.3, -0.25) is 4.79 Å². The molecule has 1 atom stereocenters. The van der Waals surface area contributed by atoms with Crippen LogP contribution in [0.5, 0.6) is 0 Å². The van der Waals surface area contributed by atoms with Crippen molar-refractivity contribution in [2.24, 2.45) is 0 Å². The van der Waals surface area contributed by atoms with E-state index in [0.717, 1.165) is 5.56 Å². The Bertz CT molecular complexity index is 393. The first-order chi connectivity index (χ1) is 8.93. The summed E-state index contributed by atoms with van der Waals surface area (Å²) < 4.78 is 36.7. The number of nitrogens with one attached hydrogen (secondary N) is 2. The minimum atomic E-state index is -4.84. The van der Waals surface area contributed by atoms with Crippen molar-refractivity contribution in [1.29, 1.82) is 0 Å². The molecule has 6 heteroatoms. The second-order valence-electron chi connectivity index (χ2n) is 4.25. The van der Waals surface area contributed by atoms with Crippen LogP contribution in [0.4, 0.5) is 13.2 Å². The topological polar surface area (TPSA) is 41.1 Å². The van der Waals surface area contributed by atoms with Crippen LogP contribution in [0.2, 0.25) is 0 Å². The summed E-state index contributed by atoms with van der Waals surface area (Å²) in [6.45, 7) is 0.537. The molecule has 1 amide bonds. The second-order valence-corrected chi connectivity index (χ2v) is 4.25. The Morgan fingerprint density at radius 3 is 2.42 bits per heavy atom. The average Bonchev–Trinajstić information content (AvgIpc) is 2.36. The molecule has 1 aromatic rings. The number of amides is 1. The van der Waals surface area contributed by atoms with Gasteiger partial charge in [0.05, 0.1) is 0 Å². The van der Waals surface area contributed by atoms with Crippen molar-refractivity contribution >= 4 is 5.91 Å². The molecule has 0 unspecified atom stereocenters. The van der Waals surface area contributed by atoms with Crippen molar-refractivity contribution in [3.63, 3.8) is 0 Å². The lowest BCUT2D eigenvalue weighted by Crippen LogP contribution is -2.45. The van der Waals surface area contributed by atoms with Gasteiger partial charge in [0.2, 0.25) is 0 Å².